The molecule has 0 radical (unpaired) electrons. The summed E-state index contributed by atoms with van der Waals surface area (Å²) in [4.78, 5) is 25.8. The molecule has 166 valence electrons. The fourth-order valence-electron chi connectivity index (χ4n) is 2.87. The number of halogens is 1. The summed E-state index contributed by atoms with van der Waals surface area (Å²) in [7, 11) is -1.92. The van der Waals surface area contributed by atoms with E-state index in [9.17, 15) is 18.0 Å². The van der Waals surface area contributed by atoms with Crippen LogP contribution in [0, 0.1) is 0 Å². The first-order chi connectivity index (χ1) is 15.2. The number of rotatable bonds is 7. The predicted octanol–water partition coefficient (Wildman–Crippen LogP) is 4.29. The van der Waals surface area contributed by atoms with E-state index >= 15 is 0 Å². The van der Waals surface area contributed by atoms with E-state index in [1.165, 1.54) is 37.4 Å². The lowest BCUT2D eigenvalue weighted by Crippen LogP contribution is -2.26. The predicted molar refractivity (Wildman–Crippen MR) is 121 cm³/mol. The number of hydrogen-bond acceptors (Lipinski definition) is 6. The molecule has 0 bridgehead atoms. The first kappa shape index (κ1) is 23.3. The Morgan fingerprint density at radius 3 is 2.19 bits per heavy atom. The SMILES string of the molecule is COc1ccc(NC(=O)[C@H](OC(=O)c2ccc(S(C)(=O)=O)cc2)c2ccccc2)cc1Cl. The molecule has 32 heavy (non-hydrogen) atoms. The highest BCUT2D eigenvalue weighted by Gasteiger charge is 2.26. The van der Waals surface area contributed by atoms with Gasteiger partial charge >= 0.3 is 5.97 Å². The first-order valence-electron chi connectivity index (χ1n) is 9.39. The maximum atomic E-state index is 13.0. The third kappa shape index (κ3) is 5.66. The van der Waals surface area contributed by atoms with E-state index in [2.05, 4.69) is 5.32 Å². The molecule has 0 saturated heterocycles. The Kier molecular flexibility index (Phi) is 7.17. The molecule has 0 fully saturated rings. The minimum Gasteiger partial charge on any atom is -0.495 e. The van der Waals surface area contributed by atoms with Gasteiger partial charge < -0.3 is 14.8 Å². The van der Waals surface area contributed by atoms with E-state index < -0.39 is 27.8 Å². The second kappa shape index (κ2) is 9.84. The van der Waals surface area contributed by atoms with Crippen LogP contribution in [0.5, 0.6) is 5.75 Å². The largest absolute Gasteiger partial charge is 0.495 e. The van der Waals surface area contributed by atoms with Crippen molar-refractivity contribution >= 4 is 39.0 Å². The lowest BCUT2D eigenvalue weighted by Gasteiger charge is -2.18. The number of nitrogens with one attached hydrogen (secondary N) is 1. The van der Waals surface area contributed by atoms with Crippen molar-refractivity contribution in [2.24, 2.45) is 0 Å². The lowest BCUT2D eigenvalue weighted by molar-refractivity contribution is -0.125. The van der Waals surface area contributed by atoms with Crippen molar-refractivity contribution in [3.8, 4) is 5.75 Å². The van der Waals surface area contributed by atoms with Crippen molar-refractivity contribution in [3.05, 3.63) is 88.9 Å². The number of hydrogen-bond donors (Lipinski definition) is 1. The molecule has 3 aromatic rings. The van der Waals surface area contributed by atoms with Crippen molar-refractivity contribution in [1.29, 1.82) is 0 Å². The van der Waals surface area contributed by atoms with E-state index in [0.717, 1.165) is 6.26 Å². The second-order valence-electron chi connectivity index (χ2n) is 6.83. The smallest absolute Gasteiger partial charge is 0.339 e. The van der Waals surface area contributed by atoms with Crippen LogP contribution in [0.25, 0.3) is 0 Å². The average Bonchev–Trinajstić information content (AvgIpc) is 2.77. The van der Waals surface area contributed by atoms with Crippen LogP contribution in [-0.2, 0) is 19.4 Å². The van der Waals surface area contributed by atoms with Gasteiger partial charge in [0.15, 0.2) is 9.84 Å². The maximum Gasteiger partial charge on any atom is 0.339 e. The quantitative estimate of drug-likeness (QED) is 0.514. The Morgan fingerprint density at radius 2 is 1.62 bits per heavy atom. The van der Waals surface area contributed by atoms with Gasteiger partial charge in [0.25, 0.3) is 5.91 Å². The number of anilines is 1. The number of sulfone groups is 1. The Morgan fingerprint density at radius 1 is 0.969 bits per heavy atom. The van der Waals surface area contributed by atoms with Crippen LogP contribution in [0.4, 0.5) is 5.69 Å². The van der Waals surface area contributed by atoms with Gasteiger partial charge in [-0.1, -0.05) is 41.9 Å². The standard InChI is InChI=1S/C23H20ClNO6S/c1-30-20-13-10-17(14-19(20)24)25-22(26)21(15-6-4-3-5-7-15)31-23(27)16-8-11-18(12-9-16)32(2,28)29/h3-14,21H,1-2H3,(H,25,26)/t21-/m1/s1. The summed E-state index contributed by atoms with van der Waals surface area (Å²) in [5, 5.41) is 2.99. The van der Waals surface area contributed by atoms with E-state index in [0.29, 0.717) is 22.0 Å². The van der Waals surface area contributed by atoms with E-state index in [4.69, 9.17) is 21.1 Å². The summed E-state index contributed by atoms with van der Waals surface area (Å²) in [5.41, 5.74) is 0.972. The van der Waals surface area contributed by atoms with Gasteiger partial charge in [-0.05, 0) is 42.5 Å². The highest BCUT2D eigenvalue weighted by molar-refractivity contribution is 7.90. The minimum absolute atomic E-state index is 0.0720. The fraction of sp³-hybridized carbons (Fsp3) is 0.130. The molecule has 0 aliphatic carbocycles. The molecule has 3 rings (SSSR count). The zero-order chi connectivity index (χ0) is 23.3. The Balaban J connectivity index is 1.84. The minimum atomic E-state index is -3.40. The maximum absolute atomic E-state index is 13.0. The van der Waals surface area contributed by atoms with Crippen LogP contribution < -0.4 is 10.1 Å². The van der Waals surface area contributed by atoms with Gasteiger partial charge in [-0.2, -0.15) is 0 Å². The zero-order valence-corrected chi connectivity index (χ0v) is 18.8. The molecule has 0 unspecified atom stereocenters. The Bertz CT molecular complexity index is 1230. The topological polar surface area (TPSA) is 98.8 Å². The molecule has 0 spiro atoms. The molecule has 0 aromatic heterocycles. The number of benzene rings is 3. The molecule has 7 nitrogen and oxygen atoms in total. The van der Waals surface area contributed by atoms with Crippen molar-refractivity contribution in [3.63, 3.8) is 0 Å². The average molecular weight is 474 g/mol. The van der Waals surface area contributed by atoms with Gasteiger partial charge in [-0.15, -0.1) is 0 Å². The van der Waals surface area contributed by atoms with Gasteiger partial charge in [0, 0.05) is 17.5 Å². The summed E-state index contributed by atoms with van der Waals surface area (Å²) in [6.45, 7) is 0. The molecule has 9 heteroatoms. The van der Waals surface area contributed by atoms with Gasteiger partial charge in [-0.3, -0.25) is 4.79 Å². The number of ether oxygens (including phenoxy) is 2. The molecular formula is C23H20ClNO6S. The molecular weight excluding hydrogens is 454 g/mol. The Hall–Kier alpha value is -3.36. The third-order valence-electron chi connectivity index (χ3n) is 4.50. The fourth-order valence-corrected chi connectivity index (χ4v) is 3.75. The van der Waals surface area contributed by atoms with E-state index in [-0.39, 0.29) is 10.5 Å². The molecule has 3 aromatic carbocycles. The first-order valence-corrected chi connectivity index (χ1v) is 11.7. The van der Waals surface area contributed by atoms with Crippen molar-refractivity contribution < 1.29 is 27.5 Å². The summed E-state index contributed by atoms with van der Waals surface area (Å²) in [5.74, 6) is -0.909. The van der Waals surface area contributed by atoms with E-state index in [1.807, 2.05) is 0 Å². The normalized spacial score (nSPS) is 12.0. The molecule has 0 aliphatic heterocycles. The van der Waals surface area contributed by atoms with Crippen LogP contribution in [0.15, 0.2) is 77.7 Å². The Labute approximate surface area is 190 Å². The van der Waals surface area contributed by atoms with E-state index in [1.54, 1.807) is 42.5 Å². The molecule has 0 aliphatic rings. The molecule has 0 saturated carbocycles. The summed E-state index contributed by atoms with van der Waals surface area (Å²) in [6.07, 6.45) is -0.180. The highest BCUT2D eigenvalue weighted by atomic mass is 35.5. The van der Waals surface area contributed by atoms with Gasteiger partial charge in [0.05, 0.1) is 22.6 Å². The number of carbonyl (C=O) groups excluding carboxylic acids is 2. The van der Waals surface area contributed by atoms with Crippen LogP contribution >= 0.6 is 11.6 Å². The number of carbonyl (C=O) groups is 2. The van der Waals surface area contributed by atoms with Gasteiger partial charge in [-0.25, -0.2) is 13.2 Å². The number of methoxy groups -OCH3 is 1. The van der Waals surface area contributed by atoms with Crippen molar-refractivity contribution in [2.45, 2.75) is 11.0 Å². The highest BCUT2D eigenvalue weighted by Crippen LogP contribution is 2.28. The summed E-state index contributed by atoms with van der Waals surface area (Å²) >= 11 is 6.11. The number of esters is 1. The summed E-state index contributed by atoms with van der Waals surface area (Å²) in [6, 6.07) is 18.5. The molecule has 0 heterocycles. The van der Waals surface area contributed by atoms with Crippen LogP contribution in [0.2, 0.25) is 5.02 Å². The second-order valence-corrected chi connectivity index (χ2v) is 9.25. The van der Waals surface area contributed by atoms with Crippen LogP contribution in [0.1, 0.15) is 22.0 Å². The van der Waals surface area contributed by atoms with Crippen LogP contribution in [0.3, 0.4) is 0 Å². The molecule has 1 atom stereocenters. The molecule has 1 amide bonds. The van der Waals surface area contributed by atoms with Gasteiger partial charge in [0.1, 0.15) is 5.75 Å². The monoisotopic (exact) mass is 473 g/mol. The lowest BCUT2D eigenvalue weighted by atomic mass is 10.1. The third-order valence-corrected chi connectivity index (χ3v) is 5.93. The number of amides is 1. The summed E-state index contributed by atoms with van der Waals surface area (Å²) < 4.78 is 33.8. The van der Waals surface area contributed by atoms with Crippen molar-refractivity contribution in [2.75, 3.05) is 18.7 Å². The van der Waals surface area contributed by atoms with Gasteiger partial charge in [0.2, 0.25) is 6.10 Å². The molecule has 1 N–H and O–H groups in total. The van der Waals surface area contributed by atoms with Crippen LogP contribution in [-0.4, -0.2) is 33.7 Å². The zero-order valence-electron chi connectivity index (χ0n) is 17.2. The van der Waals surface area contributed by atoms with Crippen molar-refractivity contribution in [1.82, 2.24) is 0 Å².